The summed E-state index contributed by atoms with van der Waals surface area (Å²) in [6.45, 7) is 8.65. The second kappa shape index (κ2) is 5.92. The summed E-state index contributed by atoms with van der Waals surface area (Å²) in [5.74, 6) is 1.52. The summed E-state index contributed by atoms with van der Waals surface area (Å²) >= 11 is 0. The van der Waals surface area contributed by atoms with Crippen LogP contribution in [0.2, 0.25) is 0 Å². The van der Waals surface area contributed by atoms with Gasteiger partial charge in [-0.25, -0.2) is 0 Å². The average Bonchev–Trinajstić information content (AvgIpc) is 2.38. The molecule has 3 heteroatoms. The Labute approximate surface area is 103 Å². The number of benzene rings is 1. The van der Waals surface area contributed by atoms with E-state index in [4.69, 9.17) is 9.47 Å². The van der Waals surface area contributed by atoms with Crippen molar-refractivity contribution in [3.63, 3.8) is 0 Å². The number of morpholine rings is 1. The van der Waals surface area contributed by atoms with Gasteiger partial charge in [0.05, 0.1) is 19.8 Å². The van der Waals surface area contributed by atoms with Crippen molar-refractivity contribution >= 4 is 5.69 Å². The second-order valence-electron chi connectivity index (χ2n) is 4.80. The third kappa shape index (κ3) is 3.63. The van der Waals surface area contributed by atoms with Crippen LogP contribution >= 0.6 is 0 Å². The van der Waals surface area contributed by atoms with E-state index in [1.165, 1.54) is 5.69 Å². The van der Waals surface area contributed by atoms with Crippen molar-refractivity contribution in [3.8, 4) is 5.75 Å². The summed E-state index contributed by atoms with van der Waals surface area (Å²) in [7, 11) is 0. The van der Waals surface area contributed by atoms with E-state index in [1.807, 2.05) is 6.07 Å². The van der Waals surface area contributed by atoms with Crippen molar-refractivity contribution in [2.75, 3.05) is 37.8 Å². The molecule has 0 bridgehead atoms. The molecule has 3 nitrogen and oxygen atoms in total. The summed E-state index contributed by atoms with van der Waals surface area (Å²) < 4.78 is 11.1. The SMILES string of the molecule is CC(C)COc1cccc(N2CCOCC2)c1. The smallest absolute Gasteiger partial charge is 0.121 e. The first kappa shape index (κ1) is 12.2. The number of anilines is 1. The van der Waals surface area contributed by atoms with Gasteiger partial charge in [0.1, 0.15) is 5.75 Å². The van der Waals surface area contributed by atoms with Crippen LogP contribution in [0.25, 0.3) is 0 Å². The average molecular weight is 235 g/mol. The van der Waals surface area contributed by atoms with E-state index in [0.29, 0.717) is 5.92 Å². The zero-order valence-electron chi connectivity index (χ0n) is 10.7. The van der Waals surface area contributed by atoms with Crippen LogP contribution in [0.3, 0.4) is 0 Å². The molecule has 0 radical (unpaired) electrons. The van der Waals surface area contributed by atoms with Gasteiger partial charge in [0.15, 0.2) is 0 Å². The quantitative estimate of drug-likeness (QED) is 0.800. The minimum atomic E-state index is 0.557. The molecule has 1 saturated heterocycles. The van der Waals surface area contributed by atoms with Gasteiger partial charge in [0, 0.05) is 24.8 Å². The minimum absolute atomic E-state index is 0.557. The molecule has 1 aliphatic heterocycles. The fourth-order valence-corrected chi connectivity index (χ4v) is 1.85. The van der Waals surface area contributed by atoms with E-state index >= 15 is 0 Å². The predicted octanol–water partition coefficient (Wildman–Crippen LogP) is 2.56. The second-order valence-corrected chi connectivity index (χ2v) is 4.80. The molecule has 1 heterocycles. The highest BCUT2D eigenvalue weighted by Gasteiger charge is 2.11. The van der Waals surface area contributed by atoms with Crippen LogP contribution in [0.4, 0.5) is 5.69 Å². The van der Waals surface area contributed by atoms with E-state index in [1.54, 1.807) is 0 Å². The summed E-state index contributed by atoms with van der Waals surface area (Å²) in [6, 6.07) is 8.33. The molecule has 1 fully saturated rings. The molecule has 0 aromatic heterocycles. The van der Waals surface area contributed by atoms with Crippen molar-refractivity contribution in [2.24, 2.45) is 5.92 Å². The molecule has 94 valence electrons. The maximum atomic E-state index is 5.74. The molecule has 0 atom stereocenters. The Morgan fingerprint density at radius 3 is 2.76 bits per heavy atom. The van der Waals surface area contributed by atoms with Gasteiger partial charge in [-0.15, -0.1) is 0 Å². The summed E-state index contributed by atoms with van der Waals surface area (Å²) in [6.07, 6.45) is 0. The van der Waals surface area contributed by atoms with Gasteiger partial charge in [-0.1, -0.05) is 19.9 Å². The topological polar surface area (TPSA) is 21.7 Å². The minimum Gasteiger partial charge on any atom is -0.493 e. The van der Waals surface area contributed by atoms with Crippen LogP contribution in [0, 0.1) is 5.92 Å². The van der Waals surface area contributed by atoms with E-state index in [9.17, 15) is 0 Å². The Bertz CT molecular complexity index is 346. The van der Waals surface area contributed by atoms with Crippen molar-refractivity contribution in [1.82, 2.24) is 0 Å². The van der Waals surface area contributed by atoms with Crippen LogP contribution in [0.15, 0.2) is 24.3 Å². The predicted molar refractivity (Wildman–Crippen MR) is 69.8 cm³/mol. The monoisotopic (exact) mass is 235 g/mol. The van der Waals surface area contributed by atoms with Crippen molar-refractivity contribution in [2.45, 2.75) is 13.8 Å². The normalized spacial score (nSPS) is 16.3. The van der Waals surface area contributed by atoms with Gasteiger partial charge in [-0.05, 0) is 18.1 Å². The summed E-state index contributed by atoms with van der Waals surface area (Å²) in [5, 5.41) is 0. The molecule has 0 spiro atoms. The molecule has 2 rings (SSSR count). The molecule has 1 aromatic carbocycles. The number of ether oxygens (including phenoxy) is 2. The number of rotatable bonds is 4. The van der Waals surface area contributed by atoms with E-state index in [0.717, 1.165) is 38.7 Å². The lowest BCUT2D eigenvalue weighted by Crippen LogP contribution is -2.36. The van der Waals surface area contributed by atoms with Crippen LogP contribution in [0.5, 0.6) is 5.75 Å². The molecular weight excluding hydrogens is 214 g/mol. The van der Waals surface area contributed by atoms with Gasteiger partial charge in [0.25, 0.3) is 0 Å². The van der Waals surface area contributed by atoms with Gasteiger partial charge < -0.3 is 14.4 Å². The number of nitrogens with zero attached hydrogens (tertiary/aromatic N) is 1. The highest BCUT2D eigenvalue weighted by atomic mass is 16.5. The first-order valence-corrected chi connectivity index (χ1v) is 6.31. The fraction of sp³-hybridized carbons (Fsp3) is 0.571. The highest BCUT2D eigenvalue weighted by Crippen LogP contribution is 2.22. The maximum Gasteiger partial charge on any atom is 0.121 e. The van der Waals surface area contributed by atoms with E-state index in [2.05, 4.69) is 36.9 Å². The van der Waals surface area contributed by atoms with Gasteiger partial charge in [0.2, 0.25) is 0 Å². The highest BCUT2D eigenvalue weighted by molar-refractivity contribution is 5.50. The first-order valence-electron chi connectivity index (χ1n) is 6.31. The molecule has 17 heavy (non-hydrogen) atoms. The van der Waals surface area contributed by atoms with Crippen LogP contribution in [0.1, 0.15) is 13.8 Å². The molecule has 1 aliphatic rings. The van der Waals surface area contributed by atoms with Gasteiger partial charge in [-0.3, -0.25) is 0 Å². The van der Waals surface area contributed by atoms with Crippen LogP contribution in [-0.2, 0) is 4.74 Å². The van der Waals surface area contributed by atoms with Gasteiger partial charge >= 0.3 is 0 Å². The zero-order chi connectivity index (χ0) is 12.1. The Kier molecular flexibility index (Phi) is 4.26. The lowest BCUT2D eigenvalue weighted by molar-refractivity contribution is 0.122. The van der Waals surface area contributed by atoms with Gasteiger partial charge in [-0.2, -0.15) is 0 Å². The standard InChI is InChI=1S/C14H21NO2/c1-12(2)11-17-14-5-3-4-13(10-14)15-6-8-16-9-7-15/h3-5,10,12H,6-9,11H2,1-2H3. The molecule has 0 N–H and O–H groups in total. The van der Waals surface area contributed by atoms with E-state index < -0.39 is 0 Å². The third-order valence-corrected chi connectivity index (χ3v) is 2.78. The number of hydrogen-bond donors (Lipinski definition) is 0. The van der Waals surface area contributed by atoms with Crippen molar-refractivity contribution < 1.29 is 9.47 Å². The fourth-order valence-electron chi connectivity index (χ4n) is 1.85. The molecule has 0 aliphatic carbocycles. The van der Waals surface area contributed by atoms with Crippen LogP contribution < -0.4 is 9.64 Å². The largest absolute Gasteiger partial charge is 0.493 e. The van der Waals surface area contributed by atoms with E-state index in [-0.39, 0.29) is 0 Å². The Morgan fingerprint density at radius 2 is 2.06 bits per heavy atom. The molecular formula is C14H21NO2. The number of hydrogen-bond acceptors (Lipinski definition) is 3. The lowest BCUT2D eigenvalue weighted by atomic mass is 10.2. The molecule has 1 aromatic rings. The maximum absolute atomic E-state index is 5.74. The molecule has 0 unspecified atom stereocenters. The Morgan fingerprint density at radius 1 is 1.29 bits per heavy atom. The Hall–Kier alpha value is -1.22. The Balaban J connectivity index is 2.00. The lowest BCUT2D eigenvalue weighted by Gasteiger charge is -2.29. The third-order valence-electron chi connectivity index (χ3n) is 2.78. The zero-order valence-corrected chi connectivity index (χ0v) is 10.7. The van der Waals surface area contributed by atoms with Crippen LogP contribution in [-0.4, -0.2) is 32.9 Å². The summed E-state index contributed by atoms with van der Waals surface area (Å²) in [4.78, 5) is 2.34. The van der Waals surface area contributed by atoms with Crippen molar-refractivity contribution in [3.05, 3.63) is 24.3 Å². The summed E-state index contributed by atoms with van der Waals surface area (Å²) in [5.41, 5.74) is 1.23. The molecule has 0 amide bonds. The molecule has 0 saturated carbocycles. The first-order chi connectivity index (χ1) is 8.25. The van der Waals surface area contributed by atoms with Crippen molar-refractivity contribution in [1.29, 1.82) is 0 Å².